The number of carbonyl (C=O) groups excluding carboxylic acids is 1. The average Bonchev–Trinajstić information content (AvgIpc) is 3.43. The van der Waals surface area contributed by atoms with E-state index in [9.17, 15) is 9.18 Å². The second-order valence-electron chi connectivity index (χ2n) is 8.33. The van der Waals surface area contributed by atoms with E-state index in [0.29, 0.717) is 42.7 Å². The first-order valence-corrected chi connectivity index (χ1v) is 11.4. The number of carbonyl (C=O) groups is 1. The van der Waals surface area contributed by atoms with E-state index in [-0.39, 0.29) is 16.8 Å². The van der Waals surface area contributed by atoms with Crippen LogP contribution in [0.3, 0.4) is 0 Å². The molecule has 172 valence electrons. The van der Waals surface area contributed by atoms with Crippen LogP contribution in [0.1, 0.15) is 29.4 Å². The van der Waals surface area contributed by atoms with Gasteiger partial charge in [-0.1, -0.05) is 54.1 Å². The van der Waals surface area contributed by atoms with E-state index in [1.165, 1.54) is 12.1 Å². The Morgan fingerprint density at radius 3 is 2.71 bits per heavy atom. The van der Waals surface area contributed by atoms with E-state index in [2.05, 4.69) is 17.1 Å². The van der Waals surface area contributed by atoms with E-state index in [0.717, 1.165) is 16.7 Å². The topological polar surface area (TPSA) is 55.6 Å². The fraction of sp³-hybridized carbons (Fsp3) is 0.185. The zero-order valence-electron chi connectivity index (χ0n) is 18.5. The van der Waals surface area contributed by atoms with Gasteiger partial charge < -0.3 is 14.1 Å². The summed E-state index contributed by atoms with van der Waals surface area (Å²) in [7, 11) is 0. The lowest BCUT2D eigenvalue weighted by molar-refractivity contribution is -0.128. The third-order valence-corrected chi connectivity index (χ3v) is 6.25. The summed E-state index contributed by atoms with van der Waals surface area (Å²) in [5.41, 5.74) is 2.73. The lowest BCUT2D eigenvalue weighted by atomic mass is 9.98. The van der Waals surface area contributed by atoms with Gasteiger partial charge in [0.1, 0.15) is 17.3 Å². The van der Waals surface area contributed by atoms with Crippen LogP contribution in [0.2, 0.25) is 5.02 Å². The second-order valence-corrected chi connectivity index (χ2v) is 8.74. The first-order chi connectivity index (χ1) is 16.5. The lowest BCUT2D eigenvalue weighted by Crippen LogP contribution is -2.24. The maximum atomic E-state index is 14.0. The summed E-state index contributed by atoms with van der Waals surface area (Å²) in [6.07, 6.45) is 2.11. The predicted octanol–water partition coefficient (Wildman–Crippen LogP) is 6.75. The first-order valence-electron chi connectivity index (χ1n) is 11.0. The van der Waals surface area contributed by atoms with Crippen molar-refractivity contribution in [3.05, 3.63) is 101 Å². The van der Waals surface area contributed by atoms with Crippen molar-refractivity contribution in [3.63, 3.8) is 0 Å². The van der Waals surface area contributed by atoms with Gasteiger partial charge in [-0.2, -0.15) is 0 Å². The maximum absolute atomic E-state index is 14.0. The largest absolute Gasteiger partial charge is 0.457 e. The van der Waals surface area contributed by atoms with Crippen LogP contribution < -0.4 is 4.74 Å². The third kappa shape index (κ3) is 4.68. The summed E-state index contributed by atoms with van der Waals surface area (Å²) in [6, 6.07) is 20.0. The molecule has 1 saturated heterocycles. The summed E-state index contributed by atoms with van der Waals surface area (Å²) in [4.78, 5) is 18.8. The van der Waals surface area contributed by atoms with Gasteiger partial charge in [-0.3, -0.25) is 4.79 Å². The molecule has 34 heavy (non-hydrogen) atoms. The molecule has 0 aliphatic carbocycles. The zero-order valence-corrected chi connectivity index (χ0v) is 19.3. The highest BCUT2D eigenvalue weighted by Crippen LogP contribution is 2.35. The van der Waals surface area contributed by atoms with Gasteiger partial charge in [-0.15, -0.1) is 0 Å². The molecule has 1 aromatic heterocycles. The monoisotopic (exact) mass is 476 g/mol. The Morgan fingerprint density at radius 2 is 1.97 bits per heavy atom. The Labute approximate surface area is 201 Å². The van der Waals surface area contributed by atoms with Crippen LogP contribution in [-0.2, 0) is 11.3 Å². The molecule has 1 fully saturated rings. The van der Waals surface area contributed by atoms with Crippen molar-refractivity contribution in [1.82, 2.24) is 9.88 Å². The van der Waals surface area contributed by atoms with Crippen molar-refractivity contribution < 1.29 is 18.3 Å². The molecule has 0 bridgehead atoms. The van der Waals surface area contributed by atoms with Crippen LogP contribution in [0.25, 0.3) is 11.3 Å². The van der Waals surface area contributed by atoms with Crippen molar-refractivity contribution in [2.24, 2.45) is 0 Å². The summed E-state index contributed by atoms with van der Waals surface area (Å²) >= 11 is 5.82. The van der Waals surface area contributed by atoms with Gasteiger partial charge in [0.2, 0.25) is 5.91 Å². The van der Waals surface area contributed by atoms with Crippen LogP contribution >= 0.6 is 11.6 Å². The van der Waals surface area contributed by atoms with Crippen LogP contribution in [0.4, 0.5) is 4.39 Å². The van der Waals surface area contributed by atoms with Gasteiger partial charge in [0.25, 0.3) is 0 Å². The molecule has 3 aromatic carbocycles. The molecular weight excluding hydrogens is 455 g/mol. The molecule has 0 saturated carbocycles. The molecule has 5 rings (SSSR count). The molecule has 0 spiro atoms. The normalized spacial score (nSPS) is 15.7. The van der Waals surface area contributed by atoms with Crippen molar-refractivity contribution in [2.45, 2.75) is 25.8 Å². The highest BCUT2D eigenvalue weighted by molar-refractivity contribution is 6.30. The van der Waals surface area contributed by atoms with Crippen molar-refractivity contribution in [2.75, 3.05) is 6.54 Å². The van der Waals surface area contributed by atoms with Crippen LogP contribution in [0.15, 0.2) is 77.3 Å². The number of halogens is 2. The Kier molecular flexibility index (Phi) is 6.07. The smallest absolute Gasteiger partial charge is 0.223 e. The summed E-state index contributed by atoms with van der Waals surface area (Å²) < 4.78 is 25.8. The molecule has 1 unspecified atom stereocenters. The van der Waals surface area contributed by atoms with Crippen molar-refractivity contribution >= 4 is 17.5 Å². The molecular formula is C27H22ClFN2O3. The second kappa shape index (κ2) is 9.31. The number of amides is 1. The first kappa shape index (κ1) is 22.2. The number of likely N-dealkylation sites (tertiary alicyclic amines) is 1. The number of rotatable bonds is 6. The van der Waals surface area contributed by atoms with Gasteiger partial charge in [-0.05, 0) is 23.8 Å². The quantitative estimate of drug-likeness (QED) is 0.309. The van der Waals surface area contributed by atoms with Crippen LogP contribution in [0.5, 0.6) is 11.5 Å². The number of benzene rings is 3. The minimum atomic E-state index is -0.567. The van der Waals surface area contributed by atoms with Crippen molar-refractivity contribution in [1.29, 1.82) is 0 Å². The molecule has 1 amide bonds. The van der Waals surface area contributed by atoms with Crippen molar-refractivity contribution in [3.8, 4) is 22.8 Å². The molecule has 5 nitrogen and oxygen atoms in total. The van der Waals surface area contributed by atoms with Gasteiger partial charge >= 0.3 is 0 Å². The number of hydrogen-bond acceptors (Lipinski definition) is 4. The van der Waals surface area contributed by atoms with Gasteiger partial charge in [0.05, 0.1) is 11.2 Å². The number of hydrogen-bond donors (Lipinski definition) is 0. The standard InChI is InChI=1S/C27H22ClFN2O3/c1-17-30-14-26(33-17)19-7-8-20(25(11-19)34-22-9-10-23(28)24(29)13-22)15-31-16-21(12-27(31)32)18-5-3-2-4-6-18/h2-11,13-14,21H,12,15-16H2,1H3. The highest BCUT2D eigenvalue weighted by atomic mass is 35.5. The van der Waals surface area contributed by atoms with E-state index in [1.54, 1.807) is 19.2 Å². The van der Waals surface area contributed by atoms with Crippen LogP contribution in [-0.4, -0.2) is 22.3 Å². The van der Waals surface area contributed by atoms with E-state index in [1.807, 2.05) is 41.3 Å². The minimum absolute atomic E-state index is 0.0214. The van der Waals surface area contributed by atoms with Gasteiger partial charge in [0, 0.05) is 49.5 Å². The summed E-state index contributed by atoms with van der Waals surface area (Å²) in [6.45, 7) is 2.78. The SMILES string of the molecule is Cc1ncc(-c2ccc(CN3CC(c4ccccc4)CC3=O)c(Oc3ccc(Cl)c(F)c3)c2)o1. The fourth-order valence-corrected chi connectivity index (χ4v) is 4.29. The number of oxazole rings is 1. The lowest BCUT2D eigenvalue weighted by Gasteiger charge is -2.20. The van der Waals surface area contributed by atoms with E-state index < -0.39 is 5.82 Å². The molecule has 1 aliphatic heterocycles. The average molecular weight is 477 g/mol. The number of aryl methyl sites for hydroxylation is 1. The van der Waals surface area contributed by atoms with E-state index >= 15 is 0 Å². The molecule has 0 N–H and O–H groups in total. The predicted molar refractivity (Wildman–Crippen MR) is 127 cm³/mol. The highest BCUT2D eigenvalue weighted by Gasteiger charge is 2.31. The molecule has 1 aliphatic rings. The Bertz CT molecular complexity index is 1340. The maximum Gasteiger partial charge on any atom is 0.223 e. The molecule has 7 heteroatoms. The van der Waals surface area contributed by atoms with Gasteiger partial charge in [-0.25, -0.2) is 9.37 Å². The molecule has 1 atom stereocenters. The Balaban J connectivity index is 1.44. The van der Waals surface area contributed by atoms with E-state index in [4.69, 9.17) is 20.8 Å². The number of aromatic nitrogens is 1. The number of ether oxygens (including phenoxy) is 1. The van der Waals surface area contributed by atoms with Crippen LogP contribution in [0, 0.1) is 12.7 Å². The number of nitrogens with zero attached hydrogens (tertiary/aromatic N) is 2. The Morgan fingerprint density at radius 1 is 1.15 bits per heavy atom. The minimum Gasteiger partial charge on any atom is -0.457 e. The zero-order chi connectivity index (χ0) is 23.7. The fourth-order valence-electron chi connectivity index (χ4n) is 4.17. The molecule has 0 radical (unpaired) electrons. The van der Waals surface area contributed by atoms with Gasteiger partial charge in [0.15, 0.2) is 11.7 Å². The Hall–Kier alpha value is -3.64. The molecule has 2 heterocycles. The third-order valence-electron chi connectivity index (χ3n) is 5.94. The summed E-state index contributed by atoms with van der Waals surface area (Å²) in [5, 5.41) is 0.0214. The molecule has 4 aromatic rings. The summed E-state index contributed by atoms with van der Waals surface area (Å²) in [5.74, 6) is 1.64.